The molecule has 34 heavy (non-hydrogen) atoms. The van der Waals surface area contributed by atoms with Crippen LogP contribution in [0, 0.1) is 13.8 Å². The summed E-state index contributed by atoms with van der Waals surface area (Å²) in [6.45, 7) is 9.82. The van der Waals surface area contributed by atoms with Gasteiger partial charge in [-0.1, -0.05) is 72.8 Å². The van der Waals surface area contributed by atoms with Crippen molar-refractivity contribution < 1.29 is 9.90 Å². The van der Waals surface area contributed by atoms with E-state index in [0.717, 1.165) is 39.1 Å². The van der Waals surface area contributed by atoms with Crippen molar-refractivity contribution in [1.29, 1.82) is 0 Å². The van der Waals surface area contributed by atoms with E-state index in [1.807, 2.05) is 36.4 Å². The predicted octanol–water partition coefficient (Wildman–Crippen LogP) is 3.87. The second kappa shape index (κ2) is 10.9. The SMILES string of the molecule is Cc1ccc(C)c(N2CCN(CCCNC(=O)C(O)(c3ccccc3)c3ccccc3)CC2)c1. The Labute approximate surface area is 203 Å². The highest BCUT2D eigenvalue weighted by molar-refractivity contribution is 5.90. The monoisotopic (exact) mass is 457 g/mol. The molecule has 1 saturated heterocycles. The van der Waals surface area contributed by atoms with Gasteiger partial charge in [0.1, 0.15) is 0 Å². The molecule has 1 fully saturated rings. The summed E-state index contributed by atoms with van der Waals surface area (Å²) in [6, 6.07) is 25.0. The number of benzene rings is 3. The highest BCUT2D eigenvalue weighted by atomic mass is 16.3. The second-order valence-corrected chi connectivity index (χ2v) is 9.17. The lowest BCUT2D eigenvalue weighted by Gasteiger charge is -2.37. The van der Waals surface area contributed by atoms with Gasteiger partial charge in [0, 0.05) is 38.4 Å². The van der Waals surface area contributed by atoms with Crippen molar-refractivity contribution in [3.63, 3.8) is 0 Å². The molecule has 1 heterocycles. The highest BCUT2D eigenvalue weighted by Crippen LogP contribution is 2.30. The van der Waals surface area contributed by atoms with Crippen LogP contribution in [0.2, 0.25) is 0 Å². The van der Waals surface area contributed by atoms with Crippen molar-refractivity contribution in [2.24, 2.45) is 0 Å². The topological polar surface area (TPSA) is 55.8 Å². The van der Waals surface area contributed by atoms with Gasteiger partial charge in [0.15, 0.2) is 5.60 Å². The van der Waals surface area contributed by atoms with Gasteiger partial charge in [-0.15, -0.1) is 0 Å². The van der Waals surface area contributed by atoms with E-state index in [1.54, 1.807) is 24.3 Å². The summed E-state index contributed by atoms with van der Waals surface area (Å²) >= 11 is 0. The third kappa shape index (κ3) is 5.32. The number of carbonyl (C=O) groups is 1. The predicted molar refractivity (Wildman–Crippen MR) is 138 cm³/mol. The maximum Gasteiger partial charge on any atom is 0.261 e. The maximum absolute atomic E-state index is 13.2. The van der Waals surface area contributed by atoms with E-state index in [-0.39, 0.29) is 5.91 Å². The number of aryl methyl sites for hydroxylation is 2. The van der Waals surface area contributed by atoms with Gasteiger partial charge in [-0.3, -0.25) is 9.69 Å². The third-order valence-corrected chi connectivity index (χ3v) is 6.73. The van der Waals surface area contributed by atoms with E-state index in [4.69, 9.17) is 0 Å². The van der Waals surface area contributed by atoms with E-state index >= 15 is 0 Å². The Morgan fingerprint density at radius 2 is 1.47 bits per heavy atom. The minimum absolute atomic E-state index is 0.385. The van der Waals surface area contributed by atoms with Crippen LogP contribution in [0.25, 0.3) is 0 Å². The fourth-order valence-corrected chi connectivity index (χ4v) is 4.69. The molecule has 0 saturated carbocycles. The fraction of sp³-hybridized carbons (Fsp3) is 0.345. The first kappa shape index (κ1) is 24.0. The molecular weight excluding hydrogens is 422 g/mol. The van der Waals surface area contributed by atoms with E-state index < -0.39 is 5.60 Å². The van der Waals surface area contributed by atoms with Gasteiger partial charge in [0.05, 0.1) is 0 Å². The standard InChI is InChI=1S/C29H35N3O2/c1-23-14-15-24(2)27(22-23)32-20-18-31(19-21-32)17-9-16-30-28(33)29(34,25-10-5-3-6-11-25)26-12-7-4-8-13-26/h3-8,10-15,22,34H,9,16-21H2,1-2H3,(H,30,33). The molecule has 3 aromatic carbocycles. The molecule has 5 heteroatoms. The zero-order valence-corrected chi connectivity index (χ0v) is 20.2. The van der Waals surface area contributed by atoms with Crippen LogP contribution in [-0.4, -0.2) is 55.2 Å². The number of hydrogen-bond acceptors (Lipinski definition) is 4. The molecule has 0 aliphatic carbocycles. The Kier molecular flexibility index (Phi) is 7.66. The Bertz CT molecular complexity index is 1040. The highest BCUT2D eigenvalue weighted by Gasteiger charge is 2.39. The fourth-order valence-electron chi connectivity index (χ4n) is 4.69. The van der Waals surface area contributed by atoms with Crippen molar-refractivity contribution in [1.82, 2.24) is 10.2 Å². The van der Waals surface area contributed by atoms with Crippen LogP contribution in [0.15, 0.2) is 78.9 Å². The number of aliphatic hydroxyl groups is 1. The molecule has 0 atom stereocenters. The molecule has 0 unspecified atom stereocenters. The number of anilines is 1. The van der Waals surface area contributed by atoms with Crippen LogP contribution in [0.3, 0.4) is 0 Å². The smallest absolute Gasteiger partial charge is 0.261 e. The zero-order chi connectivity index (χ0) is 24.0. The number of nitrogens with one attached hydrogen (secondary N) is 1. The summed E-state index contributed by atoms with van der Waals surface area (Å²) in [5.74, 6) is -0.385. The van der Waals surface area contributed by atoms with Crippen LogP contribution in [0.5, 0.6) is 0 Å². The van der Waals surface area contributed by atoms with Crippen LogP contribution < -0.4 is 10.2 Å². The molecule has 4 rings (SSSR count). The number of amides is 1. The number of hydrogen-bond donors (Lipinski definition) is 2. The van der Waals surface area contributed by atoms with Crippen molar-refractivity contribution in [2.45, 2.75) is 25.9 Å². The van der Waals surface area contributed by atoms with Gasteiger partial charge in [0.2, 0.25) is 0 Å². The summed E-state index contributed by atoms with van der Waals surface area (Å²) in [5.41, 5.74) is 3.39. The first-order valence-electron chi connectivity index (χ1n) is 12.1. The molecule has 3 aromatic rings. The Balaban J connectivity index is 1.29. The number of piperazine rings is 1. The Morgan fingerprint density at radius 3 is 2.06 bits per heavy atom. The van der Waals surface area contributed by atoms with Gasteiger partial charge >= 0.3 is 0 Å². The summed E-state index contributed by atoms with van der Waals surface area (Å²) in [4.78, 5) is 18.1. The molecule has 1 aliphatic heterocycles. The van der Waals surface area contributed by atoms with Crippen LogP contribution >= 0.6 is 0 Å². The molecule has 0 radical (unpaired) electrons. The van der Waals surface area contributed by atoms with Crippen molar-refractivity contribution >= 4 is 11.6 Å². The average Bonchev–Trinajstić information content (AvgIpc) is 2.89. The minimum atomic E-state index is -1.71. The molecule has 0 aromatic heterocycles. The van der Waals surface area contributed by atoms with E-state index in [2.05, 4.69) is 47.2 Å². The Hall–Kier alpha value is -3.15. The molecule has 1 aliphatic rings. The van der Waals surface area contributed by atoms with Crippen LogP contribution in [-0.2, 0) is 10.4 Å². The van der Waals surface area contributed by atoms with Gasteiger partial charge in [-0.2, -0.15) is 0 Å². The number of nitrogens with zero attached hydrogens (tertiary/aromatic N) is 2. The molecular formula is C29H35N3O2. The normalized spacial score (nSPS) is 14.7. The quantitative estimate of drug-likeness (QED) is 0.504. The summed E-state index contributed by atoms with van der Waals surface area (Å²) < 4.78 is 0. The third-order valence-electron chi connectivity index (χ3n) is 6.73. The zero-order valence-electron chi connectivity index (χ0n) is 20.2. The molecule has 0 bridgehead atoms. The first-order chi connectivity index (χ1) is 16.5. The van der Waals surface area contributed by atoms with Gasteiger partial charge in [-0.05, 0) is 55.1 Å². The van der Waals surface area contributed by atoms with Crippen LogP contribution in [0.4, 0.5) is 5.69 Å². The summed E-state index contributed by atoms with van der Waals surface area (Å²) in [7, 11) is 0. The lowest BCUT2D eigenvalue weighted by Crippen LogP contribution is -2.48. The molecule has 2 N–H and O–H groups in total. The van der Waals surface area contributed by atoms with E-state index in [0.29, 0.717) is 17.7 Å². The van der Waals surface area contributed by atoms with Crippen LogP contribution in [0.1, 0.15) is 28.7 Å². The van der Waals surface area contributed by atoms with Crippen molar-refractivity contribution in [3.8, 4) is 0 Å². The largest absolute Gasteiger partial charge is 0.372 e. The van der Waals surface area contributed by atoms with E-state index in [9.17, 15) is 9.90 Å². The average molecular weight is 458 g/mol. The first-order valence-corrected chi connectivity index (χ1v) is 12.1. The maximum atomic E-state index is 13.2. The van der Waals surface area contributed by atoms with E-state index in [1.165, 1.54) is 16.8 Å². The van der Waals surface area contributed by atoms with Crippen molar-refractivity contribution in [3.05, 3.63) is 101 Å². The number of rotatable bonds is 8. The molecule has 1 amide bonds. The van der Waals surface area contributed by atoms with Gasteiger partial charge in [-0.25, -0.2) is 0 Å². The van der Waals surface area contributed by atoms with Crippen molar-refractivity contribution in [2.75, 3.05) is 44.2 Å². The van der Waals surface area contributed by atoms with Gasteiger partial charge < -0.3 is 15.3 Å². The molecule has 5 nitrogen and oxygen atoms in total. The second-order valence-electron chi connectivity index (χ2n) is 9.17. The lowest BCUT2D eigenvalue weighted by atomic mass is 9.85. The Morgan fingerprint density at radius 1 is 0.882 bits per heavy atom. The van der Waals surface area contributed by atoms with Gasteiger partial charge in [0.25, 0.3) is 5.91 Å². The summed E-state index contributed by atoms with van der Waals surface area (Å²) in [6.07, 6.45) is 0.842. The molecule has 0 spiro atoms. The summed E-state index contributed by atoms with van der Waals surface area (Å²) in [5, 5.41) is 14.5. The molecule has 178 valence electrons. The number of carbonyl (C=O) groups excluding carboxylic acids is 1. The lowest BCUT2D eigenvalue weighted by molar-refractivity contribution is -0.136. The minimum Gasteiger partial charge on any atom is -0.372 e.